The predicted molar refractivity (Wildman–Crippen MR) is 82.3 cm³/mol. The van der Waals surface area contributed by atoms with Crippen molar-refractivity contribution in [3.63, 3.8) is 0 Å². The molecule has 1 fully saturated rings. The van der Waals surface area contributed by atoms with E-state index in [1.54, 1.807) is 6.26 Å². The second-order valence-electron chi connectivity index (χ2n) is 5.69. The van der Waals surface area contributed by atoms with E-state index in [0.717, 1.165) is 18.6 Å². The van der Waals surface area contributed by atoms with Crippen LogP contribution >= 0.6 is 0 Å². The normalized spacial score (nSPS) is 20.1. The van der Waals surface area contributed by atoms with E-state index in [2.05, 4.69) is 16.0 Å². The first-order chi connectivity index (χ1) is 10.6. The molecule has 0 spiro atoms. The number of likely N-dealkylation sites (N-methyl/N-ethyl adjacent to an activating group) is 1. The van der Waals surface area contributed by atoms with E-state index in [9.17, 15) is 9.59 Å². The number of nitrogens with one attached hydrogen (secondary N) is 3. The van der Waals surface area contributed by atoms with Gasteiger partial charge in [0.1, 0.15) is 11.8 Å². The summed E-state index contributed by atoms with van der Waals surface area (Å²) in [5.41, 5.74) is 0. The van der Waals surface area contributed by atoms with Gasteiger partial charge in [-0.2, -0.15) is 0 Å². The van der Waals surface area contributed by atoms with E-state index in [1.807, 2.05) is 31.1 Å². The Morgan fingerprint density at radius 2 is 2.32 bits per heavy atom. The first-order valence-electron chi connectivity index (χ1n) is 7.60. The molecule has 7 heteroatoms. The fourth-order valence-corrected chi connectivity index (χ4v) is 2.49. The van der Waals surface area contributed by atoms with E-state index in [1.165, 1.54) is 0 Å². The van der Waals surface area contributed by atoms with Gasteiger partial charge in [0.25, 0.3) is 0 Å². The minimum atomic E-state index is -0.455. The van der Waals surface area contributed by atoms with Gasteiger partial charge in [0.15, 0.2) is 0 Å². The standard InChI is InChI=1S/C15H24N4O3/c1-19(2)12(13-7-5-9-22-13)10-17-15(21)18-11-6-3-4-8-16-14(11)20/h5,7,9,11-12H,3-4,6,8,10H2,1-2H3,(H,16,20)(H2,17,18,21)/t11-,12-/m1/s1. The molecule has 2 rings (SSSR count). The summed E-state index contributed by atoms with van der Waals surface area (Å²) in [5, 5.41) is 8.35. The van der Waals surface area contributed by atoms with Crippen LogP contribution in [-0.4, -0.2) is 50.1 Å². The van der Waals surface area contributed by atoms with Crippen LogP contribution in [0.5, 0.6) is 0 Å². The van der Waals surface area contributed by atoms with Crippen molar-refractivity contribution in [2.75, 3.05) is 27.2 Å². The maximum atomic E-state index is 12.0. The van der Waals surface area contributed by atoms with Gasteiger partial charge >= 0.3 is 6.03 Å². The maximum Gasteiger partial charge on any atom is 0.315 e. The molecule has 2 heterocycles. The van der Waals surface area contributed by atoms with Gasteiger partial charge in [0, 0.05) is 13.1 Å². The summed E-state index contributed by atoms with van der Waals surface area (Å²) >= 11 is 0. The summed E-state index contributed by atoms with van der Waals surface area (Å²) < 4.78 is 5.40. The zero-order chi connectivity index (χ0) is 15.9. The van der Waals surface area contributed by atoms with Crippen LogP contribution in [0.15, 0.2) is 22.8 Å². The minimum absolute atomic E-state index is 0.0521. The van der Waals surface area contributed by atoms with E-state index in [4.69, 9.17) is 4.42 Å². The van der Waals surface area contributed by atoms with E-state index in [-0.39, 0.29) is 18.0 Å². The van der Waals surface area contributed by atoms with Gasteiger partial charge < -0.3 is 20.4 Å². The fourth-order valence-electron chi connectivity index (χ4n) is 2.49. The predicted octanol–water partition coefficient (Wildman–Crippen LogP) is 0.850. The molecule has 0 radical (unpaired) electrons. The minimum Gasteiger partial charge on any atom is -0.468 e. The van der Waals surface area contributed by atoms with Gasteiger partial charge in [-0.05, 0) is 45.5 Å². The summed E-state index contributed by atoms with van der Waals surface area (Å²) in [4.78, 5) is 25.8. The molecule has 0 aliphatic carbocycles. The van der Waals surface area contributed by atoms with E-state index < -0.39 is 6.04 Å². The smallest absolute Gasteiger partial charge is 0.315 e. The van der Waals surface area contributed by atoms with Crippen LogP contribution in [0.4, 0.5) is 4.79 Å². The molecule has 22 heavy (non-hydrogen) atoms. The van der Waals surface area contributed by atoms with Gasteiger partial charge in [-0.25, -0.2) is 4.79 Å². The Morgan fingerprint density at radius 1 is 1.50 bits per heavy atom. The SMILES string of the molecule is CN(C)[C@H](CNC(=O)N[C@@H]1CCCCNC1=O)c1ccco1. The lowest BCUT2D eigenvalue weighted by atomic mass is 10.1. The number of amides is 3. The number of rotatable bonds is 5. The van der Waals surface area contributed by atoms with Crippen molar-refractivity contribution in [2.45, 2.75) is 31.3 Å². The lowest BCUT2D eigenvalue weighted by molar-refractivity contribution is -0.122. The average molecular weight is 308 g/mol. The highest BCUT2D eigenvalue weighted by Gasteiger charge is 2.23. The lowest BCUT2D eigenvalue weighted by Gasteiger charge is -2.23. The molecule has 0 saturated carbocycles. The Hall–Kier alpha value is -2.02. The van der Waals surface area contributed by atoms with Crippen LogP contribution in [0.1, 0.15) is 31.1 Å². The molecule has 1 aromatic heterocycles. The molecule has 2 atom stereocenters. The highest BCUT2D eigenvalue weighted by Crippen LogP contribution is 2.17. The molecule has 3 amide bonds. The van der Waals surface area contributed by atoms with Crippen LogP contribution in [0.25, 0.3) is 0 Å². The van der Waals surface area contributed by atoms with Crippen molar-refractivity contribution in [1.29, 1.82) is 0 Å². The zero-order valence-electron chi connectivity index (χ0n) is 13.1. The molecule has 0 bridgehead atoms. The topological polar surface area (TPSA) is 86.6 Å². The molecule has 0 aromatic carbocycles. The van der Waals surface area contributed by atoms with Crippen LogP contribution in [-0.2, 0) is 4.79 Å². The molecule has 122 valence electrons. The first-order valence-corrected chi connectivity index (χ1v) is 7.60. The molecule has 7 nitrogen and oxygen atoms in total. The summed E-state index contributed by atoms with van der Waals surface area (Å²) in [6.45, 7) is 1.08. The van der Waals surface area contributed by atoms with Crippen molar-refractivity contribution < 1.29 is 14.0 Å². The highest BCUT2D eigenvalue weighted by molar-refractivity contribution is 5.87. The molecule has 3 N–H and O–H groups in total. The molecule has 1 aromatic rings. The van der Waals surface area contributed by atoms with Crippen LogP contribution in [0.2, 0.25) is 0 Å². The molecule has 0 unspecified atom stereocenters. The molecular weight excluding hydrogens is 284 g/mol. The quantitative estimate of drug-likeness (QED) is 0.752. The Morgan fingerprint density at radius 3 is 3.00 bits per heavy atom. The fraction of sp³-hybridized carbons (Fsp3) is 0.600. The molecular formula is C15H24N4O3. The van der Waals surface area contributed by atoms with Gasteiger partial charge in [-0.3, -0.25) is 9.69 Å². The number of urea groups is 1. The number of hydrogen-bond acceptors (Lipinski definition) is 4. The highest BCUT2D eigenvalue weighted by atomic mass is 16.3. The number of carbonyl (C=O) groups excluding carboxylic acids is 2. The third-order valence-electron chi connectivity index (χ3n) is 3.79. The zero-order valence-corrected chi connectivity index (χ0v) is 13.1. The monoisotopic (exact) mass is 308 g/mol. The Bertz CT molecular complexity index is 487. The van der Waals surface area contributed by atoms with Crippen LogP contribution in [0.3, 0.4) is 0 Å². The Balaban J connectivity index is 1.84. The van der Waals surface area contributed by atoms with Crippen molar-refractivity contribution in [3.05, 3.63) is 24.2 Å². The van der Waals surface area contributed by atoms with Gasteiger partial charge in [-0.15, -0.1) is 0 Å². The number of furan rings is 1. The lowest BCUT2D eigenvalue weighted by Crippen LogP contribution is -2.50. The maximum absolute atomic E-state index is 12.0. The van der Waals surface area contributed by atoms with Crippen LogP contribution < -0.4 is 16.0 Å². The third-order valence-corrected chi connectivity index (χ3v) is 3.79. The van der Waals surface area contributed by atoms with E-state index >= 15 is 0 Å². The van der Waals surface area contributed by atoms with E-state index in [0.29, 0.717) is 19.5 Å². The Kier molecular flexibility index (Phi) is 5.83. The van der Waals surface area contributed by atoms with Crippen LogP contribution in [0, 0.1) is 0 Å². The molecule has 1 aliphatic heterocycles. The number of nitrogens with zero attached hydrogens (tertiary/aromatic N) is 1. The van der Waals surface area contributed by atoms with Crippen molar-refractivity contribution in [3.8, 4) is 0 Å². The van der Waals surface area contributed by atoms with Crippen molar-refractivity contribution in [1.82, 2.24) is 20.9 Å². The number of carbonyl (C=O) groups is 2. The summed E-state index contributed by atoms with van der Waals surface area (Å²) in [7, 11) is 3.84. The average Bonchev–Trinajstić information content (AvgIpc) is 2.92. The number of hydrogen-bond donors (Lipinski definition) is 3. The Labute approximate surface area is 130 Å². The third kappa shape index (κ3) is 4.49. The first kappa shape index (κ1) is 16.4. The van der Waals surface area contributed by atoms with Gasteiger partial charge in [0.05, 0.1) is 12.3 Å². The largest absolute Gasteiger partial charge is 0.468 e. The summed E-state index contributed by atoms with van der Waals surface area (Å²) in [5.74, 6) is 0.681. The van der Waals surface area contributed by atoms with Gasteiger partial charge in [-0.1, -0.05) is 0 Å². The summed E-state index contributed by atoms with van der Waals surface area (Å²) in [6, 6.07) is 2.86. The van der Waals surface area contributed by atoms with Crippen molar-refractivity contribution >= 4 is 11.9 Å². The second-order valence-corrected chi connectivity index (χ2v) is 5.69. The molecule has 1 saturated heterocycles. The van der Waals surface area contributed by atoms with Gasteiger partial charge in [0.2, 0.25) is 5.91 Å². The molecule has 1 aliphatic rings. The van der Waals surface area contributed by atoms with Crippen molar-refractivity contribution in [2.24, 2.45) is 0 Å². The second kappa shape index (κ2) is 7.84. The summed E-state index contributed by atoms with van der Waals surface area (Å²) in [6.07, 6.45) is 4.17.